The van der Waals surface area contributed by atoms with E-state index in [9.17, 15) is 18.0 Å². The molecule has 0 radical (unpaired) electrons. The predicted octanol–water partition coefficient (Wildman–Crippen LogP) is 4.52. The number of carbonyl (C=O) groups excluding carboxylic acids is 1. The Morgan fingerprint density at radius 1 is 1.29 bits per heavy atom. The van der Waals surface area contributed by atoms with Crippen molar-refractivity contribution in [2.45, 2.75) is 38.1 Å². The molecule has 0 unspecified atom stereocenters. The third kappa shape index (κ3) is 4.44. The molecular weight excluding hydrogens is 473 g/mol. The first kappa shape index (κ1) is 23.9. The first-order valence-corrected chi connectivity index (χ1v) is 10.9. The van der Waals surface area contributed by atoms with Gasteiger partial charge < -0.3 is 15.0 Å². The molecule has 1 aliphatic rings. The van der Waals surface area contributed by atoms with E-state index in [1.165, 1.54) is 19.1 Å². The summed E-state index contributed by atoms with van der Waals surface area (Å²) in [4.78, 5) is 14.5. The SMILES string of the molecule is COc1ccc([C@@H]2C[C@@H](C(F)(F)F)n3nc(C(=O)N(C)Cc4cn(C)nc4C)c(Cl)c3N2)cc1. The maximum absolute atomic E-state index is 14.0. The van der Waals surface area contributed by atoms with Gasteiger partial charge in [0.1, 0.15) is 16.6 Å². The summed E-state index contributed by atoms with van der Waals surface area (Å²) in [6.07, 6.45) is -3.12. The molecule has 12 heteroatoms. The van der Waals surface area contributed by atoms with Crippen molar-refractivity contribution in [3.05, 3.63) is 58.0 Å². The minimum absolute atomic E-state index is 0.0367. The van der Waals surface area contributed by atoms with Gasteiger partial charge in [-0.05, 0) is 24.6 Å². The quantitative estimate of drug-likeness (QED) is 0.562. The lowest BCUT2D eigenvalue weighted by Gasteiger charge is -2.33. The fourth-order valence-corrected chi connectivity index (χ4v) is 4.35. The Morgan fingerprint density at radius 2 is 1.97 bits per heavy atom. The van der Waals surface area contributed by atoms with Crippen molar-refractivity contribution in [2.24, 2.45) is 7.05 Å². The van der Waals surface area contributed by atoms with Gasteiger partial charge in [0.05, 0.1) is 18.8 Å². The number of aromatic nitrogens is 4. The van der Waals surface area contributed by atoms with E-state index in [0.29, 0.717) is 11.3 Å². The van der Waals surface area contributed by atoms with E-state index in [-0.39, 0.29) is 29.5 Å². The molecule has 4 rings (SSSR count). The fraction of sp³-hybridized carbons (Fsp3) is 0.409. The second-order valence-corrected chi connectivity index (χ2v) is 8.67. The number of rotatable bonds is 5. The summed E-state index contributed by atoms with van der Waals surface area (Å²) in [7, 11) is 4.82. The number of nitrogens with one attached hydrogen (secondary N) is 1. The van der Waals surface area contributed by atoms with Crippen molar-refractivity contribution in [3.8, 4) is 5.75 Å². The van der Waals surface area contributed by atoms with Crippen LogP contribution in [0.4, 0.5) is 19.0 Å². The number of aryl methyl sites for hydroxylation is 2. The van der Waals surface area contributed by atoms with Gasteiger partial charge in [0, 0.05) is 38.8 Å². The molecular formula is C22H24ClF3N6O2. The maximum atomic E-state index is 14.0. The Hall–Kier alpha value is -3.21. The van der Waals surface area contributed by atoms with Crippen LogP contribution in [0, 0.1) is 6.92 Å². The smallest absolute Gasteiger partial charge is 0.410 e. The van der Waals surface area contributed by atoms with E-state index in [4.69, 9.17) is 16.3 Å². The number of hydrogen-bond acceptors (Lipinski definition) is 5. The van der Waals surface area contributed by atoms with Crippen molar-refractivity contribution in [1.29, 1.82) is 0 Å². The second-order valence-electron chi connectivity index (χ2n) is 8.29. The molecule has 3 aromatic rings. The number of anilines is 1. The average Bonchev–Trinajstić information content (AvgIpc) is 3.29. The second kappa shape index (κ2) is 8.86. The molecule has 34 heavy (non-hydrogen) atoms. The zero-order valence-corrected chi connectivity index (χ0v) is 19.8. The largest absolute Gasteiger partial charge is 0.497 e. The summed E-state index contributed by atoms with van der Waals surface area (Å²) in [6.45, 7) is 2.02. The molecule has 1 amide bonds. The zero-order chi connectivity index (χ0) is 24.8. The lowest BCUT2D eigenvalue weighted by molar-refractivity contribution is -0.173. The van der Waals surface area contributed by atoms with E-state index in [2.05, 4.69) is 15.5 Å². The monoisotopic (exact) mass is 496 g/mol. The molecule has 8 nitrogen and oxygen atoms in total. The molecule has 0 aliphatic carbocycles. The van der Waals surface area contributed by atoms with Crippen molar-refractivity contribution >= 4 is 23.3 Å². The number of hydrogen-bond donors (Lipinski definition) is 1. The third-order valence-corrected chi connectivity index (χ3v) is 6.24. The van der Waals surface area contributed by atoms with Crippen molar-refractivity contribution in [3.63, 3.8) is 0 Å². The fourth-order valence-electron chi connectivity index (χ4n) is 4.09. The van der Waals surface area contributed by atoms with Gasteiger partial charge in [-0.2, -0.15) is 23.4 Å². The predicted molar refractivity (Wildman–Crippen MR) is 120 cm³/mol. The van der Waals surface area contributed by atoms with Crippen LogP contribution in [0.2, 0.25) is 5.02 Å². The van der Waals surface area contributed by atoms with E-state index in [1.807, 2.05) is 6.92 Å². The summed E-state index contributed by atoms with van der Waals surface area (Å²) in [5, 5.41) is 11.2. The van der Waals surface area contributed by atoms with Crippen LogP contribution < -0.4 is 10.1 Å². The van der Waals surface area contributed by atoms with Crippen LogP contribution in [0.1, 0.15) is 45.8 Å². The highest BCUT2D eigenvalue weighted by Crippen LogP contribution is 2.46. The number of amides is 1. The van der Waals surface area contributed by atoms with E-state index >= 15 is 0 Å². The van der Waals surface area contributed by atoms with Crippen molar-refractivity contribution in [1.82, 2.24) is 24.5 Å². The molecule has 0 fully saturated rings. The third-order valence-electron chi connectivity index (χ3n) is 5.89. The van der Waals surface area contributed by atoms with Crippen LogP contribution in [0.25, 0.3) is 0 Å². The highest BCUT2D eigenvalue weighted by molar-refractivity contribution is 6.36. The van der Waals surface area contributed by atoms with Gasteiger partial charge in [0.15, 0.2) is 11.7 Å². The molecule has 0 saturated heterocycles. The van der Waals surface area contributed by atoms with E-state index < -0.39 is 24.2 Å². The van der Waals surface area contributed by atoms with Gasteiger partial charge in [0.2, 0.25) is 0 Å². The summed E-state index contributed by atoms with van der Waals surface area (Å²) in [6, 6.07) is 4.12. The van der Waals surface area contributed by atoms with E-state index in [0.717, 1.165) is 15.9 Å². The molecule has 2 aromatic heterocycles. The lowest BCUT2D eigenvalue weighted by atomic mass is 9.97. The Bertz CT molecular complexity index is 1200. The van der Waals surface area contributed by atoms with Crippen LogP contribution in [0.15, 0.2) is 30.5 Å². The van der Waals surface area contributed by atoms with Crippen LogP contribution in [0.3, 0.4) is 0 Å². The standard InChI is InChI=1S/C22H24ClF3N6O2/c1-12-14(11-31(3)28-12)10-30(2)21(33)19-18(23)20-27-16(13-5-7-15(34-4)8-6-13)9-17(22(24,25)26)32(20)29-19/h5-8,11,16-17,27H,9-10H2,1-4H3/t16-,17-/m0/s1. The molecule has 1 aliphatic heterocycles. The zero-order valence-electron chi connectivity index (χ0n) is 19.0. The van der Waals surface area contributed by atoms with Crippen molar-refractivity contribution in [2.75, 3.05) is 19.5 Å². The number of alkyl halides is 3. The van der Waals surface area contributed by atoms with Gasteiger partial charge in [-0.25, -0.2) is 4.68 Å². The molecule has 3 heterocycles. The number of halogens is 4. The number of nitrogens with zero attached hydrogens (tertiary/aromatic N) is 5. The Morgan fingerprint density at radius 3 is 2.53 bits per heavy atom. The van der Waals surface area contributed by atoms with Gasteiger partial charge in [0.25, 0.3) is 5.91 Å². The van der Waals surface area contributed by atoms with Gasteiger partial charge in [-0.1, -0.05) is 23.7 Å². The minimum atomic E-state index is -4.59. The first-order chi connectivity index (χ1) is 16.0. The van der Waals surface area contributed by atoms with E-state index in [1.54, 1.807) is 42.2 Å². The van der Waals surface area contributed by atoms with Crippen LogP contribution in [-0.2, 0) is 13.6 Å². The number of methoxy groups -OCH3 is 1. The molecule has 1 N–H and O–H groups in total. The van der Waals surface area contributed by atoms with Crippen LogP contribution in [-0.4, -0.2) is 50.7 Å². The number of carbonyl (C=O) groups is 1. The summed E-state index contributed by atoms with van der Waals surface area (Å²) in [5.74, 6) is -0.0287. The lowest BCUT2D eigenvalue weighted by Crippen LogP contribution is -2.36. The van der Waals surface area contributed by atoms with Gasteiger partial charge in [-0.15, -0.1) is 0 Å². The van der Waals surface area contributed by atoms with Crippen LogP contribution >= 0.6 is 11.6 Å². The molecule has 0 saturated carbocycles. The van der Waals surface area contributed by atoms with Crippen LogP contribution in [0.5, 0.6) is 5.75 Å². The normalized spacial score (nSPS) is 17.8. The van der Waals surface area contributed by atoms with Gasteiger partial charge in [-0.3, -0.25) is 9.48 Å². The summed E-state index contributed by atoms with van der Waals surface area (Å²) < 4.78 is 49.6. The summed E-state index contributed by atoms with van der Waals surface area (Å²) >= 11 is 6.44. The average molecular weight is 497 g/mol. The minimum Gasteiger partial charge on any atom is -0.497 e. The maximum Gasteiger partial charge on any atom is 0.410 e. The first-order valence-electron chi connectivity index (χ1n) is 10.5. The number of fused-ring (bicyclic) bond motifs is 1. The van der Waals surface area contributed by atoms with Crippen molar-refractivity contribution < 1.29 is 22.7 Å². The topological polar surface area (TPSA) is 77.2 Å². The Labute approximate surface area is 199 Å². The molecule has 2 atom stereocenters. The molecule has 182 valence electrons. The number of ether oxygens (including phenoxy) is 1. The highest BCUT2D eigenvalue weighted by atomic mass is 35.5. The molecule has 1 aromatic carbocycles. The number of benzene rings is 1. The van der Waals surface area contributed by atoms with Gasteiger partial charge >= 0.3 is 6.18 Å². The Balaban J connectivity index is 1.66. The molecule has 0 bridgehead atoms. The molecule has 0 spiro atoms. The Kier molecular flexibility index (Phi) is 6.24. The highest BCUT2D eigenvalue weighted by Gasteiger charge is 2.48. The summed E-state index contributed by atoms with van der Waals surface area (Å²) in [5.41, 5.74) is 1.95.